The Bertz CT molecular complexity index is 638. The average molecular weight is 299 g/mol. The molecule has 2 rings (SSSR count). The van der Waals surface area contributed by atoms with Gasteiger partial charge in [0.15, 0.2) is 0 Å². The molecule has 0 aromatic heterocycles. The van der Waals surface area contributed by atoms with Gasteiger partial charge in [0.1, 0.15) is 17.3 Å². The van der Waals surface area contributed by atoms with Crippen LogP contribution in [-0.2, 0) is 11.2 Å². The second-order valence-corrected chi connectivity index (χ2v) is 4.80. The van der Waals surface area contributed by atoms with Gasteiger partial charge < -0.3 is 10.1 Å². The zero-order valence-electron chi connectivity index (χ0n) is 12.2. The van der Waals surface area contributed by atoms with Crippen molar-refractivity contribution in [3.05, 3.63) is 72.6 Å². The van der Waals surface area contributed by atoms with Gasteiger partial charge in [-0.3, -0.25) is 4.79 Å². The van der Waals surface area contributed by atoms with Crippen molar-refractivity contribution in [1.29, 1.82) is 0 Å². The van der Waals surface area contributed by atoms with E-state index in [1.807, 2.05) is 24.3 Å². The molecule has 0 aliphatic rings. The highest BCUT2D eigenvalue weighted by atomic mass is 19.1. The number of aryl methyl sites for hydroxylation is 1. The van der Waals surface area contributed by atoms with E-state index in [0.717, 1.165) is 5.56 Å². The standard InChI is InChI=1S/C18H18FNO2/c1-2-12-20-18(21)11-6-14-4-3-5-17(13-14)22-16-9-7-15(19)8-10-16/h2-5,7-10,13H,1,6,11-12H2,(H,20,21). The van der Waals surface area contributed by atoms with Crippen LogP contribution in [0.15, 0.2) is 61.2 Å². The Balaban J connectivity index is 1.93. The van der Waals surface area contributed by atoms with E-state index in [9.17, 15) is 9.18 Å². The summed E-state index contributed by atoms with van der Waals surface area (Å²) in [5.74, 6) is 0.925. The number of hydrogen-bond donors (Lipinski definition) is 1. The Hall–Kier alpha value is -2.62. The molecule has 1 amide bonds. The molecule has 2 aromatic carbocycles. The summed E-state index contributed by atoms with van der Waals surface area (Å²) < 4.78 is 18.5. The third-order valence-electron chi connectivity index (χ3n) is 3.03. The maximum Gasteiger partial charge on any atom is 0.220 e. The van der Waals surface area contributed by atoms with Crippen LogP contribution in [0.25, 0.3) is 0 Å². The van der Waals surface area contributed by atoms with Gasteiger partial charge in [0.05, 0.1) is 0 Å². The molecular formula is C18H18FNO2. The van der Waals surface area contributed by atoms with Crippen LogP contribution in [0.3, 0.4) is 0 Å². The number of benzene rings is 2. The topological polar surface area (TPSA) is 38.3 Å². The molecule has 0 atom stereocenters. The molecule has 0 aliphatic heterocycles. The number of carbonyl (C=O) groups excluding carboxylic acids is 1. The lowest BCUT2D eigenvalue weighted by Crippen LogP contribution is -2.23. The lowest BCUT2D eigenvalue weighted by Gasteiger charge is -2.08. The zero-order valence-corrected chi connectivity index (χ0v) is 12.2. The van der Waals surface area contributed by atoms with Crippen molar-refractivity contribution in [3.8, 4) is 11.5 Å². The third kappa shape index (κ3) is 5.05. The minimum atomic E-state index is -0.299. The van der Waals surface area contributed by atoms with Crippen LogP contribution in [0.2, 0.25) is 0 Å². The van der Waals surface area contributed by atoms with Gasteiger partial charge in [-0.2, -0.15) is 0 Å². The summed E-state index contributed by atoms with van der Waals surface area (Å²) in [6.45, 7) is 4.03. The Morgan fingerprint density at radius 1 is 1.18 bits per heavy atom. The monoisotopic (exact) mass is 299 g/mol. The molecular weight excluding hydrogens is 281 g/mol. The van der Waals surface area contributed by atoms with E-state index >= 15 is 0 Å². The van der Waals surface area contributed by atoms with Crippen molar-refractivity contribution in [1.82, 2.24) is 5.32 Å². The van der Waals surface area contributed by atoms with E-state index < -0.39 is 0 Å². The number of amides is 1. The maximum absolute atomic E-state index is 12.9. The SMILES string of the molecule is C=CCNC(=O)CCc1cccc(Oc2ccc(F)cc2)c1. The Morgan fingerprint density at radius 2 is 1.95 bits per heavy atom. The molecule has 0 bridgehead atoms. The van der Waals surface area contributed by atoms with Crippen molar-refractivity contribution in [2.45, 2.75) is 12.8 Å². The molecule has 22 heavy (non-hydrogen) atoms. The third-order valence-corrected chi connectivity index (χ3v) is 3.03. The maximum atomic E-state index is 12.9. The first kappa shape index (κ1) is 15.8. The first-order chi connectivity index (χ1) is 10.7. The summed E-state index contributed by atoms with van der Waals surface area (Å²) in [7, 11) is 0. The molecule has 0 radical (unpaired) electrons. The van der Waals surface area contributed by atoms with E-state index in [1.165, 1.54) is 12.1 Å². The highest BCUT2D eigenvalue weighted by Gasteiger charge is 2.03. The van der Waals surface area contributed by atoms with Crippen LogP contribution >= 0.6 is 0 Å². The number of carbonyl (C=O) groups is 1. The fourth-order valence-electron chi connectivity index (χ4n) is 1.94. The van der Waals surface area contributed by atoms with Crippen molar-refractivity contribution in [2.75, 3.05) is 6.54 Å². The van der Waals surface area contributed by atoms with Gasteiger partial charge in [-0.05, 0) is 48.4 Å². The summed E-state index contributed by atoms with van der Waals surface area (Å²) in [4.78, 5) is 11.6. The molecule has 0 saturated carbocycles. The van der Waals surface area contributed by atoms with Crippen molar-refractivity contribution in [3.63, 3.8) is 0 Å². The van der Waals surface area contributed by atoms with Crippen LogP contribution in [-0.4, -0.2) is 12.5 Å². The number of ether oxygens (including phenoxy) is 1. The zero-order chi connectivity index (χ0) is 15.8. The highest BCUT2D eigenvalue weighted by Crippen LogP contribution is 2.22. The summed E-state index contributed by atoms with van der Waals surface area (Å²) >= 11 is 0. The van der Waals surface area contributed by atoms with Crippen LogP contribution in [0.4, 0.5) is 4.39 Å². The molecule has 0 unspecified atom stereocenters. The van der Waals surface area contributed by atoms with Crippen molar-refractivity contribution < 1.29 is 13.9 Å². The first-order valence-electron chi connectivity index (χ1n) is 7.07. The molecule has 0 saturated heterocycles. The van der Waals surface area contributed by atoms with E-state index in [-0.39, 0.29) is 11.7 Å². The molecule has 1 N–H and O–H groups in total. The van der Waals surface area contributed by atoms with Crippen molar-refractivity contribution in [2.24, 2.45) is 0 Å². The molecule has 0 heterocycles. The first-order valence-corrected chi connectivity index (χ1v) is 7.07. The summed E-state index contributed by atoms with van der Waals surface area (Å²) in [5, 5.41) is 2.74. The normalized spacial score (nSPS) is 10.0. The predicted octanol–water partition coefficient (Wildman–Crippen LogP) is 3.85. The lowest BCUT2D eigenvalue weighted by molar-refractivity contribution is -0.120. The second-order valence-electron chi connectivity index (χ2n) is 4.80. The van der Waals surface area contributed by atoms with Crippen molar-refractivity contribution >= 4 is 5.91 Å². The van der Waals surface area contributed by atoms with E-state index in [0.29, 0.717) is 30.9 Å². The smallest absolute Gasteiger partial charge is 0.220 e. The van der Waals surface area contributed by atoms with Gasteiger partial charge in [0, 0.05) is 13.0 Å². The minimum Gasteiger partial charge on any atom is -0.457 e. The van der Waals surface area contributed by atoms with Gasteiger partial charge in [-0.1, -0.05) is 18.2 Å². The number of nitrogens with one attached hydrogen (secondary N) is 1. The quantitative estimate of drug-likeness (QED) is 0.789. The summed E-state index contributed by atoms with van der Waals surface area (Å²) in [6.07, 6.45) is 2.69. The van der Waals surface area contributed by atoms with Crippen LogP contribution in [0, 0.1) is 5.82 Å². The van der Waals surface area contributed by atoms with Gasteiger partial charge in [0.2, 0.25) is 5.91 Å². The van der Waals surface area contributed by atoms with Crippen LogP contribution in [0.5, 0.6) is 11.5 Å². The molecule has 0 fully saturated rings. The minimum absolute atomic E-state index is 0.00949. The van der Waals surface area contributed by atoms with E-state index in [2.05, 4.69) is 11.9 Å². The van der Waals surface area contributed by atoms with E-state index in [1.54, 1.807) is 18.2 Å². The van der Waals surface area contributed by atoms with E-state index in [4.69, 9.17) is 4.74 Å². The number of rotatable bonds is 7. The Labute approximate surface area is 129 Å². The molecule has 114 valence electrons. The molecule has 3 nitrogen and oxygen atoms in total. The predicted molar refractivity (Wildman–Crippen MR) is 84.4 cm³/mol. The summed E-state index contributed by atoms with van der Waals surface area (Å²) in [5.41, 5.74) is 1.01. The lowest BCUT2D eigenvalue weighted by atomic mass is 10.1. The fraction of sp³-hybridized carbons (Fsp3) is 0.167. The highest BCUT2D eigenvalue weighted by molar-refractivity contribution is 5.76. The number of hydrogen-bond acceptors (Lipinski definition) is 2. The molecule has 4 heteroatoms. The summed E-state index contributed by atoms with van der Waals surface area (Å²) in [6, 6.07) is 13.4. The van der Waals surface area contributed by atoms with Crippen LogP contribution in [0.1, 0.15) is 12.0 Å². The average Bonchev–Trinajstić information content (AvgIpc) is 2.53. The largest absolute Gasteiger partial charge is 0.457 e. The van der Waals surface area contributed by atoms with Gasteiger partial charge >= 0.3 is 0 Å². The van der Waals surface area contributed by atoms with Crippen LogP contribution < -0.4 is 10.1 Å². The van der Waals surface area contributed by atoms with Gasteiger partial charge in [-0.15, -0.1) is 6.58 Å². The molecule has 2 aromatic rings. The van der Waals surface area contributed by atoms with Gasteiger partial charge in [0.25, 0.3) is 0 Å². The number of halogens is 1. The molecule has 0 spiro atoms. The second kappa shape index (κ2) is 7.98. The Kier molecular flexibility index (Phi) is 5.72. The van der Waals surface area contributed by atoms with Gasteiger partial charge in [-0.25, -0.2) is 4.39 Å². The fourth-order valence-corrected chi connectivity index (χ4v) is 1.94. The Morgan fingerprint density at radius 3 is 2.68 bits per heavy atom. The molecule has 0 aliphatic carbocycles.